The highest BCUT2D eigenvalue weighted by atomic mass is 32.2. The Bertz CT molecular complexity index is 1150. The zero-order valence-corrected chi connectivity index (χ0v) is 18.1. The SMILES string of the molecule is CSCCC(NC(=O)c1cccc([N+](=O)[O-])c1)C(=O)Nc1cnc2c(c1)c(C)nn2C. The van der Waals surface area contributed by atoms with Crippen molar-refractivity contribution in [3.8, 4) is 0 Å². The predicted octanol–water partition coefficient (Wildman–Crippen LogP) is 2.68. The fourth-order valence-corrected chi connectivity index (χ4v) is 3.58. The molecule has 0 bridgehead atoms. The molecule has 0 spiro atoms. The number of thioether (sulfide) groups is 1. The Balaban J connectivity index is 1.77. The molecule has 31 heavy (non-hydrogen) atoms. The summed E-state index contributed by atoms with van der Waals surface area (Å²) in [5.74, 6) is -0.302. The van der Waals surface area contributed by atoms with Crippen LogP contribution in [0, 0.1) is 17.0 Å². The monoisotopic (exact) mass is 442 g/mol. The summed E-state index contributed by atoms with van der Waals surface area (Å²) in [6, 6.07) is 6.36. The summed E-state index contributed by atoms with van der Waals surface area (Å²) >= 11 is 1.55. The Kier molecular flexibility index (Phi) is 6.85. The van der Waals surface area contributed by atoms with Crippen molar-refractivity contribution in [3.63, 3.8) is 0 Å². The number of pyridine rings is 1. The number of hydrogen-bond acceptors (Lipinski definition) is 7. The first kappa shape index (κ1) is 22.2. The number of nitrogens with one attached hydrogen (secondary N) is 2. The maximum absolute atomic E-state index is 12.9. The number of hydrogen-bond donors (Lipinski definition) is 2. The molecule has 0 radical (unpaired) electrons. The number of non-ortho nitro benzene ring substituents is 1. The molecule has 10 nitrogen and oxygen atoms in total. The van der Waals surface area contributed by atoms with Gasteiger partial charge >= 0.3 is 0 Å². The van der Waals surface area contributed by atoms with Gasteiger partial charge in [-0.2, -0.15) is 16.9 Å². The van der Waals surface area contributed by atoms with Crippen LogP contribution in [0.2, 0.25) is 0 Å². The van der Waals surface area contributed by atoms with Crippen LogP contribution in [-0.4, -0.2) is 49.6 Å². The molecule has 1 unspecified atom stereocenters. The van der Waals surface area contributed by atoms with Crippen molar-refractivity contribution in [2.75, 3.05) is 17.3 Å². The third-order valence-corrected chi connectivity index (χ3v) is 5.33. The number of carbonyl (C=O) groups excluding carboxylic acids is 2. The number of anilines is 1. The van der Waals surface area contributed by atoms with Crippen LogP contribution >= 0.6 is 11.8 Å². The van der Waals surface area contributed by atoms with E-state index in [9.17, 15) is 19.7 Å². The van der Waals surface area contributed by atoms with Crippen LogP contribution in [0.25, 0.3) is 11.0 Å². The van der Waals surface area contributed by atoms with Gasteiger partial charge in [-0.1, -0.05) is 6.07 Å². The van der Waals surface area contributed by atoms with E-state index in [4.69, 9.17) is 0 Å². The molecular weight excluding hydrogens is 420 g/mol. The maximum atomic E-state index is 12.9. The van der Waals surface area contributed by atoms with Crippen LogP contribution in [0.5, 0.6) is 0 Å². The Morgan fingerprint density at radius 1 is 1.32 bits per heavy atom. The van der Waals surface area contributed by atoms with Crippen LogP contribution in [0.4, 0.5) is 11.4 Å². The summed E-state index contributed by atoms with van der Waals surface area (Å²) < 4.78 is 1.66. The Labute approximate surface area is 182 Å². The lowest BCUT2D eigenvalue weighted by Crippen LogP contribution is -2.44. The molecule has 0 saturated heterocycles. The van der Waals surface area contributed by atoms with E-state index in [2.05, 4.69) is 20.7 Å². The smallest absolute Gasteiger partial charge is 0.270 e. The van der Waals surface area contributed by atoms with Crippen molar-refractivity contribution in [1.29, 1.82) is 0 Å². The number of nitrogens with zero attached hydrogens (tertiary/aromatic N) is 4. The van der Waals surface area contributed by atoms with Gasteiger partial charge in [0.05, 0.1) is 22.5 Å². The lowest BCUT2D eigenvalue weighted by molar-refractivity contribution is -0.384. The average molecular weight is 443 g/mol. The zero-order chi connectivity index (χ0) is 22.5. The summed E-state index contributed by atoms with van der Waals surface area (Å²) in [4.78, 5) is 40.3. The molecule has 2 N–H and O–H groups in total. The number of fused-ring (bicyclic) bond motifs is 1. The van der Waals surface area contributed by atoms with Gasteiger partial charge in [0.1, 0.15) is 6.04 Å². The summed E-state index contributed by atoms with van der Waals surface area (Å²) in [7, 11) is 1.79. The molecule has 0 fully saturated rings. The molecule has 3 rings (SSSR count). The number of aryl methyl sites for hydroxylation is 2. The summed E-state index contributed by atoms with van der Waals surface area (Å²) in [5.41, 5.74) is 1.91. The molecule has 162 valence electrons. The zero-order valence-electron chi connectivity index (χ0n) is 17.3. The number of benzene rings is 1. The lowest BCUT2D eigenvalue weighted by Gasteiger charge is -2.18. The fraction of sp³-hybridized carbons (Fsp3) is 0.300. The Morgan fingerprint density at radius 3 is 2.81 bits per heavy atom. The van der Waals surface area contributed by atoms with Gasteiger partial charge in [0.25, 0.3) is 11.6 Å². The minimum absolute atomic E-state index is 0.116. The van der Waals surface area contributed by atoms with Crippen molar-refractivity contribution < 1.29 is 14.5 Å². The molecular formula is C20H22N6O4S. The van der Waals surface area contributed by atoms with Gasteiger partial charge in [0.15, 0.2) is 5.65 Å². The van der Waals surface area contributed by atoms with Gasteiger partial charge in [0, 0.05) is 30.1 Å². The number of nitro groups is 1. The van der Waals surface area contributed by atoms with Gasteiger partial charge in [-0.25, -0.2) is 4.98 Å². The lowest BCUT2D eigenvalue weighted by atomic mass is 10.1. The largest absolute Gasteiger partial charge is 0.340 e. The quantitative estimate of drug-likeness (QED) is 0.405. The topological polar surface area (TPSA) is 132 Å². The molecule has 2 heterocycles. The molecule has 1 aromatic carbocycles. The Morgan fingerprint density at radius 2 is 2.10 bits per heavy atom. The van der Waals surface area contributed by atoms with E-state index in [0.29, 0.717) is 23.5 Å². The van der Waals surface area contributed by atoms with Crippen LogP contribution in [0.1, 0.15) is 22.5 Å². The minimum Gasteiger partial charge on any atom is -0.340 e. The van der Waals surface area contributed by atoms with Crippen molar-refractivity contribution in [3.05, 3.63) is 57.9 Å². The van der Waals surface area contributed by atoms with E-state index in [1.807, 2.05) is 13.2 Å². The molecule has 0 aliphatic carbocycles. The second kappa shape index (κ2) is 9.56. The molecule has 0 aliphatic heterocycles. The first-order chi connectivity index (χ1) is 14.8. The normalized spacial score (nSPS) is 11.8. The summed E-state index contributed by atoms with van der Waals surface area (Å²) in [5, 5.41) is 21.6. The van der Waals surface area contributed by atoms with Crippen molar-refractivity contribution in [1.82, 2.24) is 20.1 Å². The second-order valence-electron chi connectivity index (χ2n) is 6.91. The third kappa shape index (κ3) is 5.18. The van der Waals surface area contributed by atoms with Crippen LogP contribution in [0.15, 0.2) is 36.5 Å². The highest BCUT2D eigenvalue weighted by molar-refractivity contribution is 7.98. The summed E-state index contributed by atoms with van der Waals surface area (Å²) in [6.07, 6.45) is 3.84. The predicted molar refractivity (Wildman–Crippen MR) is 119 cm³/mol. The van der Waals surface area contributed by atoms with Crippen LogP contribution < -0.4 is 10.6 Å². The minimum atomic E-state index is -0.815. The van der Waals surface area contributed by atoms with E-state index in [0.717, 1.165) is 11.1 Å². The molecule has 3 aromatic rings. The van der Waals surface area contributed by atoms with Gasteiger partial charge in [-0.05, 0) is 37.5 Å². The highest BCUT2D eigenvalue weighted by Gasteiger charge is 2.22. The fourth-order valence-electron chi connectivity index (χ4n) is 3.11. The number of rotatable bonds is 8. The van der Waals surface area contributed by atoms with Crippen LogP contribution in [0.3, 0.4) is 0 Å². The van der Waals surface area contributed by atoms with E-state index in [1.165, 1.54) is 30.5 Å². The third-order valence-electron chi connectivity index (χ3n) is 4.68. The molecule has 1 atom stereocenters. The van der Waals surface area contributed by atoms with Gasteiger partial charge in [0.2, 0.25) is 5.91 Å². The number of carbonyl (C=O) groups is 2. The van der Waals surface area contributed by atoms with E-state index in [-0.39, 0.29) is 11.3 Å². The maximum Gasteiger partial charge on any atom is 0.270 e. The molecule has 2 amide bonds. The van der Waals surface area contributed by atoms with Gasteiger partial charge in [-0.15, -0.1) is 0 Å². The van der Waals surface area contributed by atoms with Crippen molar-refractivity contribution in [2.45, 2.75) is 19.4 Å². The Hall–Kier alpha value is -3.47. The van der Waals surface area contributed by atoms with E-state index in [1.54, 1.807) is 29.6 Å². The van der Waals surface area contributed by atoms with E-state index >= 15 is 0 Å². The first-order valence-electron chi connectivity index (χ1n) is 9.44. The van der Waals surface area contributed by atoms with Crippen molar-refractivity contribution >= 4 is 46.0 Å². The van der Waals surface area contributed by atoms with Crippen molar-refractivity contribution in [2.24, 2.45) is 7.05 Å². The van der Waals surface area contributed by atoms with Crippen LogP contribution in [-0.2, 0) is 11.8 Å². The van der Waals surface area contributed by atoms with Gasteiger partial charge in [-0.3, -0.25) is 24.4 Å². The average Bonchev–Trinajstić information content (AvgIpc) is 3.03. The highest BCUT2D eigenvalue weighted by Crippen LogP contribution is 2.20. The molecule has 2 aromatic heterocycles. The first-order valence-corrected chi connectivity index (χ1v) is 10.8. The number of amides is 2. The standard InChI is InChI=1S/C20H22N6O4S/c1-12-16-10-14(11-21-18(16)25(2)24-12)22-20(28)17(7-8-31-3)23-19(27)13-5-4-6-15(9-13)26(29)30/h4-6,9-11,17H,7-8H2,1-3H3,(H,22,28)(H,23,27). The number of nitro benzene ring substituents is 1. The molecule has 0 saturated carbocycles. The molecule has 11 heteroatoms. The second-order valence-corrected chi connectivity index (χ2v) is 7.89. The number of aromatic nitrogens is 3. The summed E-state index contributed by atoms with van der Waals surface area (Å²) in [6.45, 7) is 1.86. The molecule has 0 aliphatic rings. The van der Waals surface area contributed by atoms with E-state index < -0.39 is 22.8 Å². The van der Waals surface area contributed by atoms with Gasteiger partial charge < -0.3 is 10.6 Å².